The maximum absolute atomic E-state index is 12.4. The number of esters is 1. The van der Waals surface area contributed by atoms with Crippen molar-refractivity contribution in [1.82, 2.24) is 0 Å². The normalized spacial score (nSPS) is 11.2. The number of rotatable bonds is 4. The molecule has 0 amide bonds. The van der Waals surface area contributed by atoms with E-state index in [4.69, 9.17) is 4.18 Å². The molecule has 122 valence electrons. The largest absolute Gasteiger partial charge is 0.465 e. The summed E-state index contributed by atoms with van der Waals surface area (Å²) in [6.45, 7) is 0. The average Bonchev–Trinajstić information content (AvgIpc) is 2.61. The monoisotopic (exact) mass is 342 g/mol. The third kappa shape index (κ3) is 3.23. The summed E-state index contributed by atoms with van der Waals surface area (Å²) < 4.78 is 34.5. The van der Waals surface area contributed by atoms with Gasteiger partial charge in [0.2, 0.25) is 0 Å². The summed E-state index contributed by atoms with van der Waals surface area (Å²) >= 11 is 0. The summed E-state index contributed by atoms with van der Waals surface area (Å²) in [5.74, 6) is -0.380. The average molecular weight is 342 g/mol. The van der Waals surface area contributed by atoms with Crippen LogP contribution in [0.15, 0.2) is 71.6 Å². The predicted molar refractivity (Wildman–Crippen MR) is 89.5 cm³/mol. The van der Waals surface area contributed by atoms with Gasteiger partial charge in [0.05, 0.1) is 12.7 Å². The van der Waals surface area contributed by atoms with Crippen LogP contribution in [0.5, 0.6) is 5.75 Å². The maximum Gasteiger partial charge on any atom is 0.339 e. The van der Waals surface area contributed by atoms with Crippen molar-refractivity contribution in [3.05, 3.63) is 72.3 Å². The Labute approximate surface area is 139 Å². The van der Waals surface area contributed by atoms with Crippen LogP contribution in [0.1, 0.15) is 10.4 Å². The molecule has 5 nitrogen and oxygen atoms in total. The Morgan fingerprint density at radius 2 is 1.54 bits per heavy atom. The van der Waals surface area contributed by atoms with Gasteiger partial charge >= 0.3 is 16.1 Å². The van der Waals surface area contributed by atoms with Gasteiger partial charge in [0.15, 0.2) is 0 Å². The van der Waals surface area contributed by atoms with Gasteiger partial charge in [-0.05, 0) is 47.2 Å². The predicted octanol–water partition coefficient (Wildman–Crippen LogP) is 3.39. The number of benzene rings is 3. The van der Waals surface area contributed by atoms with E-state index < -0.39 is 16.1 Å². The van der Waals surface area contributed by atoms with Gasteiger partial charge < -0.3 is 8.92 Å². The Morgan fingerprint density at radius 1 is 0.875 bits per heavy atom. The smallest absolute Gasteiger partial charge is 0.339 e. The van der Waals surface area contributed by atoms with E-state index >= 15 is 0 Å². The molecule has 0 atom stereocenters. The van der Waals surface area contributed by atoms with E-state index in [0.717, 1.165) is 10.8 Å². The molecule has 0 aliphatic heterocycles. The van der Waals surface area contributed by atoms with Gasteiger partial charge in [-0.2, -0.15) is 8.42 Å². The van der Waals surface area contributed by atoms with Crippen LogP contribution in [0.3, 0.4) is 0 Å². The lowest BCUT2D eigenvalue weighted by Crippen LogP contribution is -2.10. The molecule has 0 fully saturated rings. The summed E-state index contributed by atoms with van der Waals surface area (Å²) in [6, 6.07) is 17.9. The molecule has 0 aromatic heterocycles. The number of fused-ring (bicyclic) bond motifs is 1. The van der Waals surface area contributed by atoms with Crippen LogP contribution < -0.4 is 4.18 Å². The first kappa shape index (κ1) is 16.0. The Kier molecular flexibility index (Phi) is 4.22. The van der Waals surface area contributed by atoms with Gasteiger partial charge in [0.25, 0.3) is 0 Å². The molecule has 0 aliphatic carbocycles. The molecule has 3 rings (SSSR count). The van der Waals surface area contributed by atoms with Crippen LogP contribution in [0.2, 0.25) is 0 Å². The zero-order chi connectivity index (χ0) is 17.2. The molecule has 0 heterocycles. The van der Waals surface area contributed by atoms with Crippen molar-refractivity contribution >= 4 is 26.9 Å². The van der Waals surface area contributed by atoms with Crippen LogP contribution in [0.4, 0.5) is 0 Å². The second kappa shape index (κ2) is 6.33. The molecule has 0 spiro atoms. The summed E-state index contributed by atoms with van der Waals surface area (Å²) in [6.07, 6.45) is 0. The van der Waals surface area contributed by atoms with Crippen molar-refractivity contribution in [1.29, 1.82) is 0 Å². The van der Waals surface area contributed by atoms with Crippen LogP contribution >= 0.6 is 0 Å². The summed E-state index contributed by atoms with van der Waals surface area (Å²) in [5, 5.41) is 1.75. The zero-order valence-electron chi connectivity index (χ0n) is 12.8. The zero-order valence-corrected chi connectivity index (χ0v) is 13.6. The van der Waals surface area contributed by atoms with E-state index in [0.29, 0.717) is 5.56 Å². The number of hydrogen-bond donors (Lipinski definition) is 0. The molecule has 24 heavy (non-hydrogen) atoms. The first-order valence-electron chi connectivity index (χ1n) is 7.11. The van der Waals surface area contributed by atoms with Crippen molar-refractivity contribution in [3.63, 3.8) is 0 Å². The fourth-order valence-electron chi connectivity index (χ4n) is 2.26. The molecule has 6 heteroatoms. The van der Waals surface area contributed by atoms with Crippen LogP contribution in [-0.2, 0) is 14.9 Å². The number of carbonyl (C=O) groups excluding carboxylic acids is 1. The molecule has 0 radical (unpaired) electrons. The third-order valence-electron chi connectivity index (χ3n) is 3.49. The highest BCUT2D eigenvalue weighted by molar-refractivity contribution is 7.87. The van der Waals surface area contributed by atoms with Crippen molar-refractivity contribution in [2.75, 3.05) is 7.11 Å². The van der Waals surface area contributed by atoms with Crippen LogP contribution in [0.25, 0.3) is 10.8 Å². The number of carbonyl (C=O) groups is 1. The quantitative estimate of drug-likeness (QED) is 0.537. The molecule has 0 aliphatic rings. The van der Waals surface area contributed by atoms with E-state index in [-0.39, 0.29) is 10.6 Å². The summed E-state index contributed by atoms with van der Waals surface area (Å²) in [5.41, 5.74) is 0.313. The molecular weight excluding hydrogens is 328 g/mol. The van der Waals surface area contributed by atoms with Crippen LogP contribution in [-0.4, -0.2) is 21.5 Å². The van der Waals surface area contributed by atoms with Gasteiger partial charge in [-0.3, -0.25) is 0 Å². The molecule has 0 saturated carbocycles. The van der Waals surface area contributed by atoms with Gasteiger partial charge in [-0.1, -0.05) is 30.3 Å². The lowest BCUT2D eigenvalue weighted by Gasteiger charge is -2.08. The van der Waals surface area contributed by atoms with Gasteiger partial charge in [0.1, 0.15) is 10.6 Å². The Morgan fingerprint density at radius 3 is 2.21 bits per heavy atom. The second-order valence-corrected chi connectivity index (χ2v) is 6.61. The van der Waals surface area contributed by atoms with E-state index in [2.05, 4.69) is 4.74 Å². The number of hydrogen-bond acceptors (Lipinski definition) is 5. The Hall–Kier alpha value is -2.86. The topological polar surface area (TPSA) is 69.7 Å². The highest BCUT2D eigenvalue weighted by Gasteiger charge is 2.17. The van der Waals surface area contributed by atoms with Gasteiger partial charge in [0, 0.05) is 0 Å². The minimum atomic E-state index is -3.96. The van der Waals surface area contributed by atoms with Crippen molar-refractivity contribution in [3.8, 4) is 5.75 Å². The minimum Gasteiger partial charge on any atom is -0.465 e. The lowest BCUT2D eigenvalue weighted by molar-refractivity contribution is 0.0600. The van der Waals surface area contributed by atoms with Crippen molar-refractivity contribution in [2.24, 2.45) is 0 Å². The van der Waals surface area contributed by atoms with E-state index in [1.54, 1.807) is 12.1 Å². The molecule has 3 aromatic carbocycles. The fraction of sp³-hybridized carbons (Fsp3) is 0.0556. The van der Waals surface area contributed by atoms with Crippen LogP contribution in [0, 0.1) is 0 Å². The van der Waals surface area contributed by atoms with Crippen molar-refractivity contribution < 1.29 is 22.1 Å². The molecule has 0 saturated heterocycles. The fourth-order valence-corrected chi connectivity index (χ4v) is 3.23. The molecule has 0 unspecified atom stereocenters. The molecular formula is C18H14O5S. The summed E-state index contributed by atoms with van der Waals surface area (Å²) in [7, 11) is -2.68. The first-order chi connectivity index (χ1) is 11.5. The molecule has 3 aromatic rings. The van der Waals surface area contributed by atoms with E-state index in [1.807, 2.05) is 24.3 Å². The Bertz CT molecular complexity index is 991. The maximum atomic E-state index is 12.4. The standard InChI is InChI=1S/C18H14O5S/c1-22-18(19)14-6-9-16(10-7-14)23-24(20,21)17-11-8-13-4-2-3-5-15(13)12-17/h2-12H,1H3. The van der Waals surface area contributed by atoms with E-state index in [1.165, 1.54) is 37.4 Å². The highest BCUT2D eigenvalue weighted by atomic mass is 32.2. The van der Waals surface area contributed by atoms with Gasteiger partial charge in [-0.25, -0.2) is 4.79 Å². The molecule has 0 bridgehead atoms. The highest BCUT2D eigenvalue weighted by Crippen LogP contribution is 2.23. The minimum absolute atomic E-state index is 0.0678. The third-order valence-corrected chi connectivity index (χ3v) is 4.73. The SMILES string of the molecule is COC(=O)c1ccc(OS(=O)(=O)c2ccc3ccccc3c2)cc1. The number of methoxy groups -OCH3 is 1. The number of ether oxygens (including phenoxy) is 1. The molecule has 0 N–H and O–H groups in total. The van der Waals surface area contributed by atoms with E-state index in [9.17, 15) is 13.2 Å². The van der Waals surface area contributed by atoms with Crippen molar-refractivity contribution in [2.45, 2.75) is 4.90 Å². The summed E-state index contributed by atoms with van der Waals surface area (Å²) in [4.78, 5) is 11.4. The first-order valence-corrected chi connectivity index (χ1v) is 8.52. The second-order valence-electron chi connectivity index (χ2n) is 5.06. The lowest BCUT2D eigenvalue weighted by atomic mass is 10.1. The van der Waals surface area contributed by atoms with Gasteiger partial charge in [-0.15, -0.1) is 0 Å². The Balaban J connectivity index is 1.88.